The van der Waals surface area contributed by atoms with Gasteiger partial charge in [-0.3, -0.25) is 0 Å². The molecule has 0 radical (unpaired) electrons. The van der Waals surface area contributed by atoms with Crippen LogP contribution in [0.15, 0.2) is 127 Å². The first-order valence-electron chi connectivity index (χ1n) is 11.1. The second kappa shape index (κ2) is 8.24. The third kappa shape index (κ3) is 3.50. The summed E-state index contributed by atoms with van der Waals surface area (Å²) in [4.78, 5) is 0. The fraction of sp³-hybridized carbons (Fsp3) is 0. The number of halogens is 1. The van der Waals surface area contributed by atoms with Crippen molar-refractivity contribution in [2.24, 2.45) is 0 Å². The molecule has 0 aliphatic heterocycles. The average Bonchev–Trinajstić information content (AvgIpc) is 2.89. The van der Waals surface area contributed by atoms with Crippen molar-refractivity contribution in [2.75, 3.05) is 0 Å². The van der Waals surface area contributed by atoms with Crippen LogP contribution in [0.5, 0.6) is 0 Å². The smallest absolute Gasteiger partial charge is 0.0491 e. The second-order valence-corrected chi connectivity index (χ2v) is 8.71. The molecule has 0 heterocycles. The first-order valence-corrected chi connectivity index (χ1v) is 11.5. The molecule has 0 nitrogen and oxygen atoms in total. The Morgan fingerprint density at radius 1 is 0.364 bits per heavy atom. The molecule has 156 valence electrons. The van der Waals surface area contributed by atoms with Gasteiger partial charge in [0.05, 0.1) is 0 Å². The first-order chi connectivity index (χ1) is 16.3. The lowest BCUT2D eigenvalue weighted by Crippen LogP contribution is -1.91. The minimum atomic E-state index is 0.758. The highest BCUT2D eigenvalue weighted by Gasteiger charge is 2.16. The summed E-state index contributed by atoms with van der Waals surface area (Å²) >= 11 is 6.89. The van der Waals surface area contributed by atoms with Crippen LogP contribution in [0, 0.1) is 0 Å². The van der Waals surface area contributed by atoms with Gasteiger partial charge in [-0.05, 0) is 67.6 Å². The molecule has 0 saturated carbocycles. The average molecular weight is 441 g/mol. The van der Waals surface area contributed by atoms with Crippen LogP contribution in [-0.2, 0) is 0 Å². The highest BCUT2D eigenvalue weighted by atomic mass is 35.5. The lowest BCUT2D eigenvalue weighted by Gasteiger charge is -2.18. The van der Waals surface area contributed by atoms with Crippen molar-refractivity contribution in [3.63, 3.8) is 0 Å². The van der Waals surface area contributed by atoms with Gasteiger partial charge in [0, 0.05) is 10.6 Å². The van der Waals surface area contributed by atoms with E-state index in [-0.39, 0.29) is 0 Å². The van der Waals surface area contributed by atoms with E-state index in [4.69, 9.17) is 11.6 Å². The van der Waals surface area contributed by atoms with E-state index in [0.717, 1.165) is 27.3 Å². The fourth-order valence-corrected chi connectivity index (χ4v) is 5.04. The van der Waals surface area contributed by atoms with Crippen LogP contribution in [0.1, 0.15) is 0 Å². The molecule has 0 aliphatic rings. The Bertz CT molecular complexity index is 1600. The molecule has 0 amide bonds. The molecule has 33 heavy (non-hydrogen) atoms. The second-order valence-electron chi connectivity index (χ2n) is 8.30. The summed E-state index contributed by atoms with van der Waals surface area (Å²) in [6.45, 7) is 0. The normalized spacial score (nSPS) is 11.2. The molecule has 0 fully saturated rings. The molecule has 6 aromatic rings. The van der Waals surface area contributed by atoms with Gasteiger partial charge in [0.1, 0.15) is 0 Å². The third-order valence-corrected chi connectivity index (χ3v) is 6.65. The van der Waals surface area contributed by atoms with E-state index < -0.39 is 0 Å². The molecule has 0 bridgehead atoms. The molecule has 6 aromatic carbocycles. The summed E-state index contributed by atoms with van der Waals surface area (Å²) in [5, 5.41) is 5.78. The minimum Gasteiger partial charge on any atom is -0.0836 e. The fourth-order valence-electron chi connectivity index (χ4n) is 4.77. The van der Waals surface area contributed by atoms with Crippen molar-refractivity contribution in [3.8, 4) is 33.4 Å². The van der Waals surface area contributed by atoms with Crippen molar-refractivity contribution >= 4 is 33.1 Å². The van der Waals surface area contributed by atoms with Crippen LogP contribution in [0.25, 0.3) is 54.9 Å². The Morgan fingerprint density at radius 3 is 1.61 bits per heavy atom. The lowest BCUT2D eigenvalue weighted by molar-refractivity contribution is 1.58. The van der Waals surface area contributed by atoms with Gasteiger partial charge < -0.3 is 0 Å². The van der Waals surface area contributed by atoms with Crippen LogP contribution in [0.4, 0.5) is 0 Å². The summed E-state index contributed by atoms with van der Waals surface area (Å²) < 4.78 is 0. The van der Waals surface area contributed by atoms with Crippen LogP contribution in [0.3, 0.4) is 0 Å². The molecule has 0 aliphatic carbocycles. The van der Waals surface area contributed by atoms with E-state index in [0.29, 0.717) is 0 Å². The zero-order chi connectivity index (χ0) is 22.2. The largest absolute Gasteiger partial charge is 0.0836 e. The topological polar surface area (TPSA) is 0 Å². The number of rotatable bonds is 3. The lowest BCUT2D eigenvalue weighted by atomic mass is 9.87. The number of fused-ring (bicyclic) bond motifs is 3. The van der Waals surface area contributed by atoms with Crippen molar-refractivity contribution < 1.29 is 0 Å². The zero-order valence-electron chi connectivity index (χ0n) is 18.0. The standard InChI is InChI=1S/C32H21Cl/c33-32-21-28(22-11-3-1-4-12-22)31(20-29(32)23-13-5-2-6-14-23)30-19-24-15-7-8-16-25(24)26-17-9-10-18-27(26)30/h1-21H. The summed E-state index contributed by atoms with van der Waals surface area (Å²) in [6.07, 6.45) is 0. The van der Waals surface area contributed by atoms with E-state index in [2.05, 4.69) is 121 Å². The predicted molar refractivity (Wildman–Crippen MR) is 143 cm³/mol. The monoisotopic (exact) mass is 440 g/mol. The molecule has 1 heteroatoms. The molecular weight excluding hydrogens is 420 g/mol. The van der Waals surface area contributed by atoms with Gasteiger partial charge in [-0.1, -0.05) is 121 Å². The minimum absolute atomic E-state index is 0.758. The van der Waals surface area contributed by atoms with E-state index in [1.54, 1.807) is 0 Å². The number of benzene rings is 6. The van der Waals surface area contributed by atoms with E-state index in [1.165, 1.54) is 32.7 Å². The van der Waals surface area contributed by atoms with Gasteiger partial charge in [-0.25, -0.2) is 0 Å². The van der Waals surface area contributed by atoms with E-state index >= 15 is 0 Å². The van der Waals surface area contributed by atoms with Crippen molar-refractivity contribution in [2.45, 2.75) is 0 Å². The Hall–Kier alpha value is -3.87. The van der Waals surface area contributed by atoms with Gasteiger partial charge in [-0.2, -0.15) is 0 Å². The van der Waals surface area contributed by atoms with Crippen molar-refractivity contribution in [1.29, 1.82) is 0 Å². The molecule has 0 atom stereocenters. The van der Waals surface area contributed by atoms with Gasteiger partial charge in [0.25, 0.3) is 0 Å². The molecule has 6 rings (SSSR count). The van der Waals surface area contributed by atoms with Gasteiger partial charge in [0.2, 0.25) is 0 Å². The summed E-state index contributed by atoms with van der Waals surface area (Å²) in [7, 11) is 0. The Morgan fingerprint density at radius 2 is 0.909 bits per heavy atom. The van der Waals surface area contributed by atoms with Gasteiger partial charge in [-0.15, -0.1) is 0 Å². The molecule has 0 saturated heterocycles. The van der Waals surface area contributed by atoms with E-state index in [1.807, 2.05) is 6.07 Å². The van der Waals surface area contributed by atoms with Crippen LogP contribution in [0.2, 0.25) is 5.02 Å². The van der Waals surface area contributed by atoms with E-state index in [9.17, 15) is 0 Å². The van der Waals surface area contributed by atoms with Gasteiger partial charge >= 0.3 is 0 Å². The third-order valence-electron chi connectivity index (χ3n) is 6.34. The SMILES string of the molecule is Clc1cc(-c2ccccc2)c(-c2cc3ccccc3c3ccccc23)cc1-c1ccccc1. The first kappa shape index (κ1) is 19.8. The summed E-state index contributed by atoms with van der Waals surface area (Å²) in [6, 6.07) is 44.9. The molecule has 0 aromatic heterocycles. The van der Waals surface area contributed by atoms with Crippen molar-refractivity contribution in [3.05, 3.63) is 132 Å². The Balaban J connectivity index is 1.73. The van der Waals surface area contributed by atoms with Gasteiger partial charge in [0.15, 0.2) is 0 Å². The maximum Gasteiger partial charge on any atom is 0.0491 e. The maximum atomic E-state index is 6.89. The van der Waals surface area contributed by atoms with Crippen molar-refractivity contribution in [1.82, 2.24) is 0 Å². The molecular formula is C32H21Cl. The quantitative estimate of drug-likeness (QED) is 0.240. The summed E-state index contributed by atoms with van der Waals surface area (Å²) in [5.74, 6) is 0. The highest BCUT2D eigenvalue weighted by Crippen LogP contribution is 2.43. The van der Waals surface area contributed by atoms with Crippen LogP contribution in [-0.4, -0.2) is 0 Å². The Labute approximate surface area is 198 Å². The van der Waals surface area contributed by atoms with Crippen LogP contribution >= 0.6 is 11.6 Å². The summed E-state index contributed by atoms with van der Waals surface area (Å²) in [5.41, 5.74) is 6.87. The number of hydrogen-bond acceptors (Lipinski definition) is 0. The molecule has 0 spiro atoms. The maximum absolute atomic E-state index is 6.89. The van der Waals surface area contributed by atoms with Crippen LogP contribution < -0.4 is 0 Å². The predicted octanol–water partition coefficient (Wildman–Crippen LogP) is 9.65. The zero-order valence-corrected chi connectivity index (χ0v) is 18.8. The molecule has 0 N–H and O–H groups in total. The number of hydrogen-bond donors (Lipinski definition) is 0. The Kier molecular flexibility index (Phi) is 4.94. The highest BCUT2D eigenvalue weighted by molar-refractivity contribution is 6.34. The molecule has 0 unspecified atom stereocenters.